The van der Waals surface area contributed by atoms with Crippen LogP contribution >= 0.6 is 11.6 Å². The van der Waals surface area contributed by atoms with Crippen LogP contribution in [-0.2, 0) is 4.79 Å². The molecule has 1 rings (SSSR count). The van der Waals surface area contributed by atoms with Crippen molar-refractivity contribution >= 4 is 29.1 Å². The normalized spacial score (nSPS) is 11.9. The second kappa shape index (κ2) is 8.00. The molecule has 21 heavy (non-hydrogen) atoms. The lowest BCUT2D eigenvalue weighted by atomic mass is 10.1. The molecule has 0 aromatic heterocycles. The molecule has 3 N–H and O–H groups in total. The zero-order valence-corrected chi connectivity index (χ0v) is 13.4. The van der Waals surface area contributed by atoms with Crippen molar-refractivity contribution in [3.8, 4) is 0 Å². The molecule has 0 aliphatic carbocycles. The van der Waals surface area contributed by atoms with E-state index in [0.29, 0.717) is 22.7 Å². The zero-order valence-electron chi connectivity index (χ0n) is 12.6. The van der Waals surface area contributed by atoms with Crippen LogP contribution in [0.4, 0.5) is 5.69 Å². The number of benzene rings is 1. The van der Waals surface area contributed by atoms with Gasteiger partial charge in [0.2, 0.25) is 5.91 Å². The van der Waals surface area contributed by atoms with Gasteiger partial charge in [0.25, 0.3) is 5.91 Å². The number of amides is 2. The minimum atomic E-state index is -0.591. The van der Waals surface area contributed by atoms with Gasteiger partial charge in [-0.15, -0.1) is 0 Å². The van der Waals surface area contributed by atoms with E-state index in [1.807, 2.05) is 6.92 Å². The fourth-order valence-electron chi connectivity index (χ4n) is 1.83. The fourth-order valence-corrected chi connectivity index (χ4v) is 2.00. The van der Waals surface area contributed by atoms with Gasteiger partial charge in [0.05, 0.1) is 17.3 Å². The summed E-state index contributed by atoms with van der Waals surface area (Å²) in [5.41, 5.74) is 6.61. The van der Waals surface area contributed by atoms with E-state index >= 15 is 0 Å². The molecule has 1 atom stereocenters. The highest BCUT2D eigenvalue weighted by Gasteiger charge is 2.18. The zero-order chi connectivity index (χ0) is 16.0. The Hall–Kier alpha value is -1.59. The summed E-state index contributed by atoms with van der Waals surface area (Å²) >= 11 is 5.94. The Morgan fingerprint density at radius 2 is 2.05 bits per heavy atom. The molecule has 0 saturated carbocycles. The summed E-state index contributed by atoms with van der Waals surface area (Å²) < 4.78 is 0. The number of nitrogens with two attached hydrogens (primary N) is 1. The van der Waals surface area contributed by atoms with Gasteiger partial charge in [0.15, 0.2) is 0 Å². The maximum Gasteiger partial charge on any atom is 0.255 e. The number of unbranched alkanes of at least 4 members (excludes halogenated alkanes) is 1. The van der Waals surface area contributed by atoms with E-state index in [1.54, 1.807) is 32.3 Å². The van der Waals surface area contributed by atoms with Gasteiger partial charge in [0, 0.05) is 19.1 Å². The van der Waals surface area contributed by atoms with Crippen LogP contribution in [0.5, 0.6) is 0 Å². The minimum absolute atomic E-state index is 0.205. The van der Waals surface area contributed by atoms with Crippen molar-refractivity contribution in [2.45, 2.75) is 32.2 Å². The number of halogens is 1. The van der Waals surface area contributed by atoms with E-state index in [2.05, 4.69) is 5.32 Å². The van der Waals surface area contributed by atoms with E-state index in [0.717, 1.165) is 12.8 Å². The minimum Gasteiger partial charge on any atom is -0.345 e. The number of carbonyl (C=O) groups excluding carboxylic acids is 2. The summed E-state index contributed by atoms with van der Waals surface area (Å²) in [7, 11) is 3.30. The summed E-state index contributed by atoms with van der Waals surface area (Å²) in [6.45, 7) is 2.04. The van der Waals surface area contributed by atoms with Crippen molar-refractivity contribution < 1.29 is 9.59 Å². The number of nitrogens with one attached hydrogen (secondary N) is 1. The van der Waals surface area contributed by atoms with Crippen molar-refractivity contribution in [1.82, 2.24) is 4.90 Å². The lowest BCUT2D eigenvalue weighted by Gasteiger charge is -2.17. The molecular weight excluding hydrogens is 290 g/mol. The van der Waals surface area contributed by atoms with Crippen molar-refractivity contribution in [3.63, 3.8) is 0 Å². The van der Waals surface area contributed by atoms with Crippen molar-refractivity contribution in [2.24, 2.45) is 5.73 Å². The number of hydrogen-bond donors (Lipinski definition) is 2. The highest BCUT2D eigenvalue weighted by Crippen LogP contribution is 2.22. The molecule has 0 aliphatic heterocycles. The summed E-state index contributed by atoms with van der Waals surface area (Å²) in [6.07, 6.45) is 2.47. The highest BCUT2D eigenvalue weighted by molar-refractivity contribution is 6.31. The third kappa shape index (κ3) is 5.02. The first-order chi connectivity index (χ1) is 9.86. The molecular formula is C15H22ClN3O2. The highest BCUT2D eigenvalue weighted by atomic mass is 35.5. The SMILES string of the molecule is CCCCC(N)C(=O)Nc1cc(Cl)ccc1C(=O)N(C)C. The standard InChI is InChI=1S/C15H22ClN3O2/c1-4-5-6-12(17)14(20)18-13-9-10(16)7-8-11(13)15(21)19(2)3/h7-9,12H,4-6,17H2,1-3H3,(H,18,20). The Morgan fingerprint density at radius 3 is 2.62 bits per heavy atom. The Kier molecular flexibility index (Phi) is 6.65. The average Bonchev–Trinajstić information content (AvgIpc) is 2.44. The van der Waals surface area contributed by atoms with Crippen LogP contribution in [0, 0.1) is 0 Å². The van der Waals surface area contributed by atoms with Crippen LogP contribution in [0.15, 0.2) is 18.2 Å². The first-order valence-corrected chi connectivity index (χ1v) is 7.32. The van der Waals surface area contributed by atoms with Crippen molar-refractivity contribution in [2.75, 3.05) is 19.4 Å². The van der Waals surface area contributed by atoms with Crippen LogP contribution in [0.25, 0.3) is 0 Å². The smallest absolute Gasteiger partial charge is 0.255 e. The maximum atomic E-state index is 12.1. The largest absolute Gasteiger partial charge is 0.345 e. The Labute approximate surface area is 130 Å². The molecule has 116 valence electrons. The summed E-state index contributed by atoms with van der Waals surface area (Å²) in [5, 5.41) is 3.15. The van der Waals surface area contributed by atoms with Gasteiger partial charge in [-0.3, -0.25) is 9.59 Å². The molecule has 1 unspecified atom stereocenters. The van der Waals surface area contributed by atoms with Gasteiger partial charge >= 0.3 is 0 Å². The fraction of sp³-hybridized carbons (Fsp3) is 0.467. The molecule has 0 bridgehead atoms. The summed E-state index contributed by atoms with van der Waals surface area (Å²) in [5.74, 6) is -0.511. The molecule has 0 fully saturated rings. The topological polar surface area (TPSA) is 75.4 Å². The lowest BCUT2D eigenvalue weighted by molar-refractivity contribution is -0.117. The molecule has 5 nitrogen and oxygen atoms in total. The first-order valence-electron chi connectivity index (χ1n) is 6.94. The van der Waals surface area contributed by atoms with E-state index < -0.39 is 6.04 Å². The van der Waals surface area contributed by atoms with Crippen LogP contribution < -0.4 is 11.1 Å². The Bertz CT molecular complexity index is 518. The van der Waals surface area contributed by atoms with Crippen molar-refractivity contribution in [1.29, 1.82) is 0 Å². The van der Waals surface area contributed by atoms with Crippen LogP contribution in [0.3, 0.4) is 0 Å². The van der Waals surface area contributed by atoms with Gasteiger partial charge in [0.1, 0.15) is 0 Å². The molecule has 6 heteroatoms. The van der Waals surface area contributed by atoms with Gasteiger partial charge in [-0.1, -0.05) is 31.4 Å². The third-order valence-corrected chi connectivity index (χ3v) is 3.32. The van der Waals surface area contributed by atoms with Crippen LogP contribution in [0.1, 0.15) is 36.5 Å². The maximum absolute atomic E-state index is 12.1. The molecule has 0 aliphatic rings. The van der Waals surface area contributed by atoms with Gasteiger partial charge < -0.3 is 16.0 Å². The predicted octanol–water partition coefficient (Wildman–Crippen LogP) is 2.50. The molecule has 0 radical (unpaired) electrons. The summed E-state index contributed by atoms with van der Waals surface area (Å²) in [6, 6.07) is 4.18. The van der Waals surface area contributed by atoms with Gasteiger partial charge in [-0.2, -0.15) is 0 Å². The van der Waals surface area contributed by atoms with Crippen LogP contribution in [0.2, 0.25) is 5.02 Å². The average molecular weight is 312 g/mol. The molecule has 0 heterocycles. The Morgan fingerprint density at radius 1 is 1.38 bits per heavy atom. The number of anilines is 1. The number of nitrogens with zero attached hydrogens (tertiary/aromatic N) is 1. The van der Waals surface area contributed by atoms with E-state index in [4.69, 9.17) is 17.3 Å². The van der Waals surface area contributed by atoms with Crippen LogP contribution in [-0.4, -0.2) is 36.9 Å². The second-order valence-electron chi connectivity index (χ2n) is 5.13. The molecule has 1 aromatic carbocycles. The van der Waals surface area contributed by atoms with E-state index in [-0.39, 0.29) is 11.8 Å². The van der Waals surface area contributed by atoms with Gasteiger partial charge in [-0.25, -0.2) is 0 Å². The number of carbonyl (C=O) groups is 2. The van der Waals surface area contributed by atoms with E-state index in [1.165, 1.54) is 4.90 Å². The number of rotatable bonds is 6. The Balaban J connectivity index is 2.93. The summed E-state index contributed by atoms with van der Waals surface area (Å²) in [4.78, 5) is 25.6. The monoisotopic (exact) mass is 311 g/mol. The van der Waals surface area contributed by atoms with Gasteiger partial charge in [-0.05, 0) is 24.6 Å². The predicted molar refractivity (Wildman–Crippen MR) is 85.6 cm³/mol. The number of hydrogen-bond acceptors (Lipinski definition) is 3. The molecule has 1 aromatic rings. The molecule has 0 saturated heterocycles. The third-order valence-electron chi connectivity index (χ3n) is 3.08. The molecule has 0 spiro atoms. The van der Waals surface area contributed by atoms with Crippen molar-refractivity contribution in [3.05, 3.63) is 28.8 Å². The van der Waals surface area contributed by atoms with E-state index in [9.17, 15) is 9.59 Å². The second-order valence-corrected chi connectivity index (χ2v) is 5.56. The lowest BCUT2D eigenvalue weighted by Crippen LogP contribution is -2.36. The molecule has 2 amide bonds. The quantitative estimate of drug-likeness (QED) is 0.847. The first kappa shape index (κ1) is 17.5.